The summed E-state index contributed by atoms with van der Waals surface area (Å²) >= 11 is 1.16. The molecule has 26 heavy (non-hydrogen) atoms. The molecule has 1 saturated carbocycles. The quantitative estimate of drug-likeness (QED) is 0.745. The van der Waals surface area contributed by atoms with E-state index in [-0.39, 0.29) is 5.91 Å². The van der Waals surface area contributed by atoms with E-state index in [9.17, 15) is 4.79 Å². The van der Waals surface area contributed by atoms with Gasteiger partial charge in [0.25, 0.3) is 5.91 Å². The zero-order chi connectivity index (χ0) is 17.5. The van der Waals surface area contributed by atoms with Gasteiger partial charge in [-0.1, -0.05) is 0 Å². The van der Waals surface area contributed by atoms with Crippen LogP contribution in [0.2, 0.25) is 0 Å². The first-order chi connectivity index (χ1) is 12.8. The maximum atomic E-state index is 12.3. The molecule has 0 bridgehead atoms. The van der Waals surface area contributed by atoms with Gasteiger partial charge < -0.3 is 10.2 Å². The molecule has 1 aliphatic carbocycles. The Morgan fingerprint density at radius 3 is 2.73 bits per heavy atom. The largest absolute Gasteiger partial charge is 0.354 e. The Labute approximate surface area is 154 Å². The van der Waals surface area contributed by atoms with E-state index in [1.807, 2.05) is 6.07 Å². The molecule has 3 heterocycles. The van der Waals surface area contributed by atoms with Gasteiger partial charge in [0.05, 0.1) is 17.4 Å². The summed E-state index contributed by atoms with van der Waals surface area (Å²) in [5.41, 5.74) is 3.34. The molecule has 2 aromatic heterocycles. The molecule has 0 radical (unpaired) electrons. The Bertz CT molecular complexity index is 946. The van der Waals surface area contributed by atoms with Crippen molar-refractivity contribution in [1.82, 2.24) is 24.3 Å². The highest BCUT2D eigenvalue weighted by molar-refractivity contribution is 7.00. The molecule has 5 rings (SSSR count). The molecular weight excluding hydrogens is 348 g/mol. The van der Waals surface area contributed by atoms with Crippen LogP contribution in [0.5, 0.6) is 0 Å². The molecule has 0 spiro atoms. The number of benzene rings is 1. The Morgan fingerprint density at radius 2 is 1.96 bits per heavy atom. The number of carbonyl (C=O) groups excluding carboxylic acids is 1. The smallest absolute Gasteiger partial charge is 0.251 e. The van der Waals surface area contributed by atoms with Gasteiger partial charge in [0.15, 0.2) is 5.82 Å². The van der Waals surface area contributed by atoms with Crippen LogP contribution in [0.25, 0.3) is 11.0 Å². The summed E-state index contributed by atoms with van der Waals surface area (Å²) in [6.07, 6.45) is 2.48. The minimum atomic E-state index is -0.0630. The Kier molecular flexibility index (Phi) is 3.77. The van der Waals surface area contributed by atoms with Crippen molar-refractivity contribution in [2.75, 3.05) is 24.5 Å². The molecule has 1 amide bonds. The van der Waals surface area contributed by atoms with Gasteiger partial charge in [-0.2, -0.15) is 13.8 Å². The van der Waals surface area contributed by atoms with Crippen LogP contribution in [0, 0.1) is 5.92 Å². The summed E-state index contributed by atoms with van der Waals surface area (Å²) in [5, 5.41) is 11.7. The topological polar surface area (TPSA) is 83.9 Å². The van der Waals surface area contributed by atoms with Crippen molar-refractivity contribution < 1.29 is 4.79 Å². The Hall–Kier alpha value is -2.61. The summed E-state index contributed by atoms with van der Waals surface area (Å²) in [7, 11) is 0. The molecule has 7 nitrogen and oxygen atoms in total. The highest BCUT2D eigenvalue weighted by Gasteiger charge is 2.29. The standard InChI is InChI=1S/C18H18N6OS/c25-18(13-3-4-15-16(7-13)23-26-22-15)19-8-11-9-24(10-11)17-6-5-14(20-21-17)12-1-2-12/h3-7,11-12H,1-2,8-10H2,(H,19,25). The normalized spacial score (nSPS) is 17.3. The summed E-state index contributed by atoms with van der Waals surface area (Å²) in [6.45, 7) is 2.45. The predicted octanol–water partition coefficient (Wildman–Crippen LogP) is 2.22. The third-order valence-electron chi connectivity index (χ3n) is 5.02. The lowest BCUT2D eigenvalue weighted by atomic mass is 10.00. The molecule has 3 aromatic rings. The number of hydrogen-bond donors (Lipinski definition) is 1. The lowest BCUT2D eigenvalue weighted by Crippen LogP contribution is -2.51. The molecule has 2 fully saturated rings. The first kappa shape index (κ1) is 15.6. The van der Waals surface area contributed by atoms with Gasteiger partial charge >= 0.3 is 0 Å². The summed E-state index contributed by atoms with van der Waals surface area (Å²) < 4.78 is 8.33. The maximum Gasteiger partial charge on any atom is 0.251 e. The molecule has 0 unspecified atom stereocenters. The van der Waals surface area contributed by atoms with E-state index in [2.05, 4.69) is 41.3 Å². The fraction of sp³-hybridized carbons (Fsp3) is 0.389. The molecule has 1 N–H and O–H groups in total. The van der Waals surface area contributed by atoms with Crippen molar-refractivity contribution in [1.29, 1.82) is 0 Å². The van der Waals surface area contributed by atoms with Gasteiger partial charge in [-0.15, -0.1) is 5.10 Å². The van der Waals surface area contributed by atoms with Crippen LogP contribution in [-0.2, 0) is 0 Å². The van der Waals surface area contributed by atoms with Crippen molar-refractivity contribution in [2.45, 2.75) is 18.8 Å². The lowest BCUT2D eigenvalue weighted by Gasteiger charge is -2.39. The van der Waals surface area contributed by atoms with Crippen molar-refractivity contribution in [2.24, 2.45) is 5.92 Å². The van der Waals surface area contributed by atoms with Gasteiger partial charge in [-0.3, -0.25) is 4.79 Å². The van der Waals surface area contributed by atoms with E-state index < -0.39 is 0 Å². The number of hydrogen-bond acceptors (Lipinski definition) is 7. The summed E-state index contributed by atoms with van der Waals surface area (Å²) in [4.78, 5) is 14.5. The van der Waals surface area contributed by atoms with E-state index in [4.69, 9.17) is 0 Å². The van der Waals surface area contributed by atoms with E-state index in [0.717, 1.165) is 47.4 Å². The Balaban J connectivity index is 1.13. The molecule has 1 saturated heterocycles. The van der Waals surface area contributed by atoms with Gasteiger partial charge in [0.1, 0.15) is 11.0 Å². The number of carbonyl (C=O) groups is 1. The first-order valence-corrected chi connectivity index (χ1v) is 9.58. The van der Waals surface area contributed by atoms with Gasteiger partial charge in [-0.05, 0) is 43.2 Å². The lowest BCUT2D eigenvalue weighted by molar-refractivity contribution is 0.0944. The number of nitrogens with one attached hydrogen (secondary N) is 1. The van der Waals surface area contributed by atoms with Crippen molar-refractivity contribution in [3.8, 4) is 0 Å². The number of nitrogens with zero attached hydrogens (tertiary/aromatic N) is 5. The van der Waals surface area contributed by atoms with Crippen molar-refractivity contribution in [3.05, 3.63) is 41.6 Å². The second-order valence-corrected chi connectivity index (χ2v) is 7.57. The Morgan fingerprint density at radius 1 is 1.12 bits per heavy atom. The van der Waals surface area contributed by atoms with Crippen LogP contribution in [0.3, 0.4) is 0 Å². The van der Waals surface area contributed by atoms with Gasteiger partial charge in [-0.25, -0.2) is 0 Å². The van der Waals surface area contributed by atoms with E-state index >= 15 is 0 Å². The number of anilines is 1. The molecule has 1 aromatic carbocycles. The molecule has 8 heteroatoms. The highest BCUT2D eigenvalue weighted by atomic mass is 32.1. The fourth-order valence-corrected chi connectivity index (χ4v) is 3.77. The third-order valence-corrected chi connectivity index (χ3v) is 5.57. The van der Waals surface area contributed by atoms with Crippen LogP contribution in [0.1, 0.15) is 34.8 Å². The third kappa shape index (κ3) is 3.01. The monoisotopic (exact) mass is 366 g/mol. The zero-order valence-corrected chi connectivity index (χ0v) is 14.9. The van der Waals surface area contributed by atoms with Crippen LogP contribution >= 0.6 is 11.7 Å². The summed E-state index contributed by atoms with van der Waals surface area (Å²) in [6, 6.07) is 9.58. The van der Waals surface area contributed by atoms with E-state index in [1.54, 1.807) is 12.1 Å². The molecule has 2 aliphatic rings. The number of amides is 1. The minimum absolute atomic E-state index is 0.0630. The van der Waals surface area contributed by atoms with Crippen molar-refractivity contribution in [3.63, 3.8) is 0 Å². The number of rotatable bonds is 5. The average molecular weight is 366 g/mol. The van der Waals surface area contributed by atoms with Gasteiger partial charge in [0, 0.05) is 37.0 Å². The molecular formula is C18H18N6OS. The SMILES string of the molecule is O=C(NCC1CN(c2ccc(C3CC3)nn2)C1)c1ccc2nsnc2c1. The van der Waals surface area contributed by atoms with Crippen molar-refractivity contribution >= 4 is 34.5 Å². The van der Waals surface area contributed by atoms with Gasteiger partial charge in [0.2, 0.25) is 0 Å². The second kappa shape index (κ2) is 6.28. The van der Waals surface area contributed by atoms with Crippen LogP contribution in [0.15, 0.2) is 30.3 Å². The molecule has 1 aliphatic heterocycles. The predicted molar refractivity (Wildman–Crippen MR) is 99.5 cm³/mol. The van der Waals surface area contributed by atoms with Crippen LogP contribution in [0.4, 0.5) is 5.82 Å². The minimum Gasteiger partial charge on any atom is -0.354 e. The number of fused-ring (bicyclic) bond motifs is 1. The molecule has 132 valence electrons. The van der Waals surface area contributed by atoms with Crippen LogP contribution in [-0.4, -0.2) is 44.5 Å². The van der Waals surface area contributed by atoms with E-state index in [0.29, 0.717) is 23.9 Å². The highest BCUT2D eigenvalue weighted by Crippen LogP contribution is 2.38. The maximum absolute atomic E-state index is 12.3. The summed E-state index contributed by atoms with van der Waals surface area (Å²) in [5.74, 6) is 1.94. The first-order valence-electron chi connectivity index (χ1n) is 8.85. The van der Waals surface area contributed by atoms with Crippen LogP contribution < -0.4 is 10.2 Å². The fourth-order valence-electron chi connectivity index (χ4n) is 3.25. The van der Waals surface area contributed by atoms with E-state index in [1.165, 1.54) is 12.8 Å². The zero-order valence-electron chi connectivity index (χ0n) is 14.1. The molecule has 0 atom stereocenters. The second-order valence-electron chi connectivity index (χ2n) is 7.04. The number of aromatic nitrogens is 4. The average Bonchev–Trinajstić information content (AvgIpc) is 3.37.